The van der Waals surface area contributed by atoms with Gasteiger partial charge in [0, 0.05) is 31.4 Å². The minimum atomic E-state index is 0.0544. The molecule has 1 unspecified atom stereocenters. The summed E-state index contributed by atoms with van der Waals surface area (Å²) in [5.74, 6) is 0. The van der Waals surface area contributed by atoms with E-state index < -0.39 is 0 Å². The fourth-order valence-corrected chi connectivity index (χ4v) is 2.04. The van der Waals surface area contributed by atoms with Crippen LogP contribution in [0, 0.1) is 0 Å². The van der Waals surface area contributed by atoms with Gasteiger partial charge in [0.25, 0.3) is 0 Å². The third-order valence-corrected chi connectivity index (χ3v) is 3.22. The predicted octanol–water partition coefficient (Wildman–Crippen LogP) is 2.37. The molecule has 1 aromatic heterocycles. The Kier molecular flexibility index (Phi) is 7.69. The van der Waals surface area contributed by atoms with Gasteiger partial charge in [0.15, 0.2) is 0 Å². The van der Waals surface area contributed by atoms with Gasteiger partial charge in [-0.2, -0.15) is 5.10 Å². The monoisotopic (exact) mass is 252 g/mol. The molecule has 0 bridgehead atoms. The van der Waals surface area contributed by atoms with Crippen LogP contribution in [0.5, 0.6) is 0 Å². The van der Waals surface area contributed by atoms with Crippen molar-refractivity contribution in [2.24, 2.45) is 12.8 Å². The first-order valence-electron chi connectivity index (χ1n) is 7.19. The van der Waals surface area contributed by atoms with Gasteiger partial charge in [-0.15, -0.1) is 0 Å². The van der Waals surface area contributed by atoms with Crippen molar-refractivity contribution in [3.63, 3.8) is 0 Å². The number of nitrogens with two attached hydrogens (primary N) is 1. The first kappa shape index (κ1) is 15.2. The first-order chi connectivity index (χ1) is 8.74. The molecule has 0 fully saturated rings. The molecule has 1 aromatic rings. The number of unbranched alkanes of at least 4 members (excludes halogenated alkanes) is 5. The number of nitrogens with one attached hydrogen (secondary N) is 1. The van der Waals surface area contributed by atoms with Crippen molar-refractivity contribution in [2.45, 2.75) is 51.5 Å². The molecule has 0 aromatic carbocycles. The number of hydrogen-bond acceptors (Lipinski definition) is 3. The lowest BCUT2D eigenvalue weighted by Gasteiger charge is -2.10. The molecule has 1 atom stereocenters. The summed E-state index contributed by atoms with van der Waals surface area (Å²) in [7, 11) is 1.92. The first-order valence-corrected chi connectivity index (χ1v) is 7.19. The highest BCUT2D eigenvalue weighted by Crippen LogP contribution is 2.07. The highest BCUT2D eigenvalue weighted by molar-refractivity contribution is 5.09. The topological polar surface area (TPSA) is 55.9 Å². The van der Waals surface area contributed by atoms with E-state index in [-0.39, 0.29) is 6.04 Å². The van der Waals surface area contributed by atoms with Crippen molar-refractivity contribution in [2.75, 3.05) is 13.1 Å². The number of rotatable bonds is 10. The van der Waals surface area contributed by atoms with Gasteiger partial charge in [-0.05, 0) is 13.0 Å². The Morgan fingerprint density at radius 2 is 2.00 bits per heavy atom. The zero-order chi connectivity index (χ0) is 13.2. The fourth-order valence-electron chi connectivity index (χ4n) is 2.04. The van der Waals surface area contributed by atoms with Crippen LogP contribution in [-0.2, 0) is 7.05 Å². The number of aromatic nitrogens is 2. The summed E-state index contributed by atoms with van der Waals surface area (Å²) in [6, 6.07) is 0.0544. The van der Waals surface area contributed by atoms with Gasteiger partial charge in [0.05, 0.1) is 6.20 Å². The second-order valence-corrected chi connectivity index (χ2v) is 5.03. The standard InChI is InChI=1S/C14H28N4/c1-3-4-5-6-7-8-9-16-11-14(15)13-10-17-18(2)12-13/h10,12,14,16H,3-9,11,15H2,1-2H3. The van der Waals surface area contributed by atoms with Crippen LogP contribution in [0.15, 0.2) is 12.4 Å². The van der Waals surface area contributed by atoms with Gasteiger partial charge >= 0.3 is 0 Å². The number of aryl methyl sites for hydroxylation is 1. The van der Waals surface area contributed by atoms with E-state index in [9.17, 15) is 0 Å². The van der Waals surface area contributed by atoms with Gasteiger partial charge in [-0.25, -0.2) is 0 Å². The average molecular weight is 252 g/mol. The summed E-state index contributed by atoms with van der Waals surface area (Å²) < 4.78 is 1.79. The summed E-state index contributed by atoms with van der Waals surface area (Å²) in [5.41, 5.74) is 7.18. The predicted molar refractivity (Wildman–Crippen MR) is 76.4 cm³/mol. The fraction of sp³-hybridized carbons (Fsp3) is 0.786. The van der Waals surface area contributed by atoms with Gasteiger partial charge in [0.1, 0.15) is 0 Å². The molecule has 1 rings (SSSR count). The number of nitrogens with zero attached hydrogens (tertiary/aromatic N) is 2. The molecular formula is C14H28N4. The molecule has 0 saturated heterocycles. The van der Waals surface area contributed by atoms with Crippen LogP contribution >= 0.6 is 0 Å². The lowest BCUT2D eigenvalue weighted by Crippen LogP contribution is -2.27. The maximum Gasteiger partial charge on any atom is 0.0537 e. The van der Waals surface area contributed by atoms with E-state index in [0.717, 1.165) is 18.7 Å². The molecule has 0 spiro atoms. The average Bonchev–Trinajstić information content (AvgIpc) is 2.79. The third kappa shape index (κ3) is 6.17. The maximum atomic E-state index is 6.07. The number of hydrogen-bond donors (Lipinski definition) is 2. The Balaban J connectivity index is 1.97. The molecule has 0 radical (unpaired) electrons. The minimum absolute atomic E-state index is 0.0544. The lowest BCUT2D eigenvalue weighted by molar-refractivity contribution is 0.547. The van der Waals surface area contributed by atoms with E-state index in [1.54, 1.807) is 4.68 Å². The van der Waals surface area contributed by atoms with Gasteiger partial charge in [0.2, 0.25) is 0 Å². The molecule has 0 aliphatic carbocycles. The molecule has 0 saturated carbocycles. The summed E-state index contributed by atoms with van der Waals surface area (Å²) in [5, 5.41) is 7.55. The highest BCUT2D eigenvalue weighted by Gasteiger charge is 2.06. The van der Waals surface area contributed by atoms with Gasteiger partial charge < -0.3 is 11.1 Å². The van der Waals surface area contributed by atoms with E-state index in [2.05, 4.69) is 17.3 Å². The maximum absolute atomic E-state index is 6.07. The van der Waals surface area contributed by atoms with Gasteiger partial charge in [-0.3, -0.25) is 4.68 Å². The Labute approximate surface area is 111 Å². The molecule has 0 amide bonds. The van der Waals surface area contributed by atoms with Crippen molar-refractivity contribution < 1.29 is 0 Å². The van der Waals surface area contributed by atoms with Crippen LogP contribution in [0.25, 0.3) is 0 Å². The molecule has 1 heterocycles. The zero-order valence-corrected chi connectivity index (χ0v) is 11.9. The summed E-state index contributed by atoms with van der Waals surface area (Å²) in [6.45, 7) is 4.15. The quantitative estimate of drug-likeness (QED) is 0.629. The van der Waals surface area contributed by atoms with Crippen LogP contribution in [0.3, 0.4) is 0 Å². The van der Waals surface area contributed by atoms with Crippen LogP contribution in [-0.4, -0.2) is 22.9 Å². The summed E-state index contributed by atoms with van der Waals surface area (Å²) in [4.78, 5) is 0. The van der Waals surface area contributed by atoms with Crippen LogP contribution in [0.2, 0.25) is 0 Å². The largest absolute Gasteiger partial charge is 0.323 e. The molecule has 0 aliphatic rings. The molecule has 3 N–H and O–H groups in total. The summed E-state index contributed by atoms with van der Waals surface area (Å²) in [6.07, 6.45) is 11.8. The van der Waals surface area contributed by atoms with Crippen LogP contribution < -0.4 is 11.1 Å². The normalized spacial score (nSPS) is 12.8. The van der Waals surface area contributed by atoms with E-state index in [4.69, 9.17) is 5.73 Å². The molecule has 18 heavy (non-hydrogen) atoms. The minimum Gasteiger partial charge on any atom is -0.323 e. The van der Waals surface area contributed by atoms with Crippen molar-refractivity contribution in [1.29, 1.82) is 0 Å². The summed E-state index contributed by atoms with van der Waals surface area (Å²) >= 11 is 0. The van der Waals surface area contributed by atoms with Crippen molar-refractivity contribution in [3.05, 3.63) is 18.0 Å². The lowest BCUT2D eigenvalue weighted by atomic mass is 10.1. The second kappa shape index (κ2) is 9.11. The highest BCUT2D eigenvalue weighted by atomic mass is 15.2. The Morgan fingerprint density at radius 1 is 1.28 bits per heavy atom. The van der Waals surface area contributed by atoms with Crippen molar-refractivity contribution in [3.8, 4) is 0 Å². The van der Waals surface area contributed by atoms with E-state index in [1.165, 1.54) is 38.5 Å². The van der Waals surface area contributed by atoms with Crippen molar-refractivity contribution in [1.82, 2.24) is 15.1 Å². The van der Waals surface area contributed by atoms with Crippen molar-refractivity contribution >= 4 is 0 Å². The van der Waals surface area contributed by atoms with E-state index in [1.807, 2.05) is 19.4 Å². The molecule has 4 heteroatoms. The molecule has 0 aliphatic heterocycles. The Bertz CT molecular complexity index is 308. The second-order valence-electron chi connectivity index (χ2n) is 5.03. The smallest absolute Gasteiger partial charge is 0.0537 e. The Morgan fingerprint density at radius 3 is 2.67 bits per heavy atom. The van der Waals surface area contributed by atoms with Crippen LogP contribution in [0.1, 0.15) is 57.1 Å². The molecular weight excluding hydrogens is 224 g/mol. The third-order valence-electron chi connectivity index (χ3n) is 3.22. The Hall–Kier alpha value is -0.870. The molecule has 104 valence electrons. The SMILES string of the molecule is CCCCCCCCNCC(N)c1cnn(C)c1. The van der Waals surface area contributed by atoms with Gasteiger partial charge in [-0.1, -0.05) is 39.0 Å². The zero-order valence-electron chi connectivity index (χ0n) is 11.9. The van der Waals surface area contributed by atoms with E-state index in [0.29, 0.717) is 0 Å². The molecule has 4 nitrogen and oxygen atoms in total. The van der Waals surface area contributed by atoms with E-state index >= 15 is 0 Å². The van der Waals surface area contributed by atoms with Crippen LogP contribution in [0.4, 0.5) is 0 Å².